The second-order valence-electron chi connectivity index (χ2n) is 6.16. The molecule has 0 bridgehead atoms. The van der Waals surface area contributed by atoms with E-state index in [1.807, 2.05) is 0 Å². The number of aliphatic hydroxyl groups is 1. The molecule has 0 radical (unpaired) electrons. The Morgan fingerprint density at radius 2 is 1.24 bits per heavy atom. The third-order valence-electron chi connectivity index (χ3n) is 3.59. The van der Waals surface area contributed by atoms with Crippen LogP contribution in [-0.4, -0.2) is 78.4 Å². The van der Waals surface area contributed by atoms with Gasteiger partial charge in [-0.3, -0.25) is 24.0 Å². The minimum absolute atomic E-state index is 0.505. The van der Waals surface area contributed by atoms with Gasteiger partial charge in [-0.2, -0.15) is 0 Å². The first-order chi connectivity index (χ1) is 13.4. The lowest BCUT2D eigenvalue weighted by Gasteiger charge is -2.44. The van der Waals surface area contributed by atoms with Gasteiger partial charge in [0.2, 0.25) is 0 Å². The maximum Gasteiger partial charge on any atom is 0.303 e. The molecular weight excluding hydrogens is 396 g/mol. The minimum atomic E-state index is -1.84. The van der Waals surface area contributed by atoms with Crippen LogP contribution in [0.3, 0.4) is 0 Å². The van der Waals surface area contributed by atoms with E-state index in [2.05, 4.69) is 0 Å². The van der Waals surface area contributed by atoms with Gasteiger partial charge in [0, 0.05) is 34.6 Å². The summed E-state index contributed by atoms with van der Waals surface area (Å²) in [5.74, 6) is -3.97. The fraction of sp³-hybridized carbons (Fsp3) is 0.706. The lowest BCUT2D eigenvalue weighted by Crippen LogP contribution is -2.64. The van der Waals surface area contributed by atoms with E-state index in [9.17, 15) is 29.1 Å². The number of carbonyl (C=O) groups is 5. The predicted molar refractivity (Wildman–Crippen MR) is 89.7 cm³/mol. The summed E-state index contributed by atoms with van der Waals surface area (Å²) in [4.78, 5) is 57.2. The highest BCUT2D eigenvalue weighted by atomic mass is 16.7. The largest absolute Gasteiger partial charge is 0.462 e. The molecule has 6 atom stereocenters. The Labute approximate surface area is 166 Å². The average molecular weight is 420 g/mol. The molecule has 0 aliphatic carbocycles. The Bertz CT molecular complexity index is 644. The molecule has 1 fully saturated rings. The molecular formula is C17H24O12. The standard InChI is InChI=1S/C17H24O12/c1-7(18)24-6-12(25-8(2)19)13-14(26-9(3)20)15(27-10(4)21)16(17(23)29-13)28-11(5)22/h12-17,23H,6H2,1-5H3/t12-,13?,14+,15-,16-,17-/m0/s1. The maximum absolute atomic E-state index is 11.6. The van der Waals surface area contributed by atoms with E-state index in [4.69, 9.17) is 28.4 Å². The van der Waals surface area contributed by atoms with Crippen molar-refractivity contribution in [3.63, 3.8) is 0 Å². The molecule has 0 aromatic heterocycles. The van der Waals surface area contributed by atoms with Crippen LogP contribution in [0.2, 0.25) is 0 Å². The van der Waals surface area contributed by atoms with Gasteiger partial charge in [0.25, 0.3) is 0 Å². The molecule has 1 unspecified atom stereocenters. The third-order valence-corrected chi connectivity index (χ3v) is 3.59. The minimum Gasteiger partial charge on any atom is -0.462 e. The second-order valence-corrected chi connectivity index (χ2v) is 6.16. The molecule has 1 heterocycles. The molecule has 1 saturated heterocycles. The van der Waals surface area contributed by atoms with E-state index in [0.29, 0.717) is 0 Å². The average Bonchev–Trinajstić information content (AvgIpc) is 2.55. The van der Waals surface area contributed by atoms with Crippen LogP contribution >= 0.6 is 0 Å². The molecule has 12 heteroatoms. The molecule has 164 valence electrons. The molecule has 0 aromatic carbocycles. The zero-order valence-corrected chi connectivity index (χ0v) is 16.6. The van der Waals surface area contributed by atoms with Crippen LogP contribution in [0.4, 0.5) is 0 Å². The quantitative estimate of drug-likeness (QED) is 0.395. The van der Waals surface area contributed by atoms with Gasteiger partial charge in [-0.15, -0.1) is 0 Å². The van der Waals surface area contributed by atoms with E-state index >= 15 is 0 Å². The fourth-order valence-electron chi connectivity index (χ4n) is 2.73. The second kappa shape index (κ2) is 10.7. The number of hydrogen-bond acceptors (Lipinski definition) is 12. The molecule has 0 amide bonds. The zero-order valence-electron chi connectivity index (χ0n) is 16.6. The number of rotatable bonds is 7. The van der Waals surface area contributed by atoms with Crippen molar-refractivity contribution in [2.75, 3.05) is 6.61 Å². The number of ether oxygens (including phenoxy) is 6. The highest BCUT2D eigenvalue weighted by Gasteiger charge is 2.54. The van der Waals surface area contributed by atoms with Gasteiger partial charge in [0.05, 0.1) is 0 Å². The Hall–Kier alpha value is -2.73. The van der Waals surface area contributed by atoms with Crippen molar-refractivity contribution in [2.45, 2.75) is 71.4 Å². The summed E-state index contributed by atoms with van der Waals surface area (Å²) in [7, 11) is 0. The number of hydrogen-bond donors (Lipinski definition) is 1. The number of aliphatic hydroxyl groups excluding tert-OH is 1. The summed E-state index contributed by atoms with van der Waals surface area (Å²) in [6, 6.07) is 0. The summed E-state index contributed by atoms with van der Waals surface area (Å²) < 4.78 is 30.5. The number of esters is 5. The van der Waals surface area contributed by atoms with Crippen molar-refractivity contribution >= 4 is 29.8 Å². The fourth-order valence-corrected chi connectivity index (χ4v) is 2.73. The van der Waals surface area contributed by atoms with Crippen molar-refractivity contribution in [3.05, 3.63) is 0 Å². The van der Waals surface area contributed by atoms with Crippen LogP contribution in [0.25, 0.3) is 0 Å². The predicted octanol–water partition coefficient (Wildman–Crippen LogP) is -1.01. The van der Waals surface area contributed by atoms with E-state index < -0.39 is 73.3 Å². The Morgan fingerprint density at radius 3 is 1.69 bits per heavy atom. The van der Waals surface area contributed by atoms with Crippen LogP contribution in [0.5, 0.6) is 0 Å². The summed E-state index contributed by atoms with van der Waals surface area (Å²) >= 11 is 0. The third kappa shape index (κ3) is 7.66. The topological polar surface area (TPSA) is 161 Å². The monoisotopic (exact) mass is 420 g/mol. The van der Waals surface area contributed by atoms with E-state index in [0.717, 1.165) is 34.6 Å². The first-order valence-electron chi connectivity index (χ1n) is 8.58. The summed E-state index contributed by atoms with van der Waals surface area (Å²) in [5, 5.41) is 10.3. The Kier molecular flexibility index (Phi) is 8.98. The van der Waals surface area contributed by atoms with Gasteiger partial charge >= 0.3 is 29.8 Å². The normalized spacial score (nSPS) is 27.2. The molecule has 1 aliphatic heterocycles. The van der Waals surface area contributed by atoms with Crippen molar-refractivity contribution in [2.24, 2.45) is 0 Å². The van der Waals surface area contributed by atoms with Crippen LogP contribution in [0.15, 0.2) is 0 Å². The summed E-state index contributed by atoms with van der Waals surface area (Å²) in [5.41, 5.74) is 0. The van der Waals surface area contributed by atoms with Gasteiger partial charge in [-0.1, -0.05) is 0 Å². The molecule has 0 aromatic rings. The molecule has 0 saturated carbocycles. The molecule has 1 aliphatic rings. The lowest BCUT2D eigenvalue weighted by molar-refractivity contribution is -0.306. The molecule has 1 N–H and O–H groups in total. The van der Waals surface area contributed by atoms with E-state index in [-0.39, 0.29) is 0 Å². The first-order valence-corrected chi connectivity index (χ1v) is 8.58. The first kappa shape index (κ1) is 24.3. The zero-order chi connectivity index (χ0) is 22.3. The van der Waals surface area contributed by atoms with Gasteiger partial charge in [-0.25, -0.2) is 0 Å². The van der Waals surface area contributed by atoms with Gasteiger partial charge < -0.3 is 33.5 Å². The smallest absolute Gasteiger partial charge is 0.303 e. The van der Waals surface area contributed by atoms with Crippen LogP contribution in [0.1, 0.15) is 34.6 Å². The molecule has 12 nitrogen and oxygen atoms in total. The van der Waals surface area contributed by atoms with Crippen molar-refractivity contribution in [1.29, 1.82) is 0 Å². The van der Waals surface area contributed by atoms with Crippen molar-refractivity contribution < 1.29 is 57.5 Å². The van der Waals surface area contributed by atoms with E-state index in [1.54, 1.807) is 0 Å². The number of carbonyl (C=O) groups excluding carboxylic acids is 5. The SMILES string of the molecule is CC(=O)OC[C@H](OC(C)=O)C1O[C@H](O)[C@@H](OC(C)=O)[C@@H](OC(C)=O)[C@@H]1OC(C)=O. The molecule has 0 spiro atoms. The highest BCUT2D eigenvalue weighted by molar-refractivity contribution is 5.69. The molecule has 29 heavy (non-hydrogen) atoms. The highest BCUT2D eigenvalue weighted by Crippen LogP contribution is 2.30. The summed E-state index contributed by atoms with van der Waals surface area (Å²) in [6.07, 6.45) is -9.10. The summed E-state index contributed by atoms with van der Waals surface area (Å²) in [6.45, 7) is 4.84. The van der Waals surface area contributed by atoms with Gasteiger partial charge in [0.1, 0.15) is 12.7 Å². The van der Waals surface area contributed by atoms with Crippen molar-refractivity contribution in [3.8, 4) is 0 Å². The van der Waals surface area contributed by atoms with Crippen LogP contribution in [-0.2, 0) is 52.4 Å². The van der Waals surface area contributed by atoms with Crippen LogP contribution in [0, 0.1) is 0 Å². The van der Waals surface area contributed by atoms with E-state index in [1.165, 1.54) is 0 Å². The Balaban J connectivity index is 3.34. The van der Waals surface area contributed by atoms with Gasteiger partial charge in [0.15, 0.2) is 30.7 Å². The lowest BCUT2D eigenvalue weighted by atomic mass is 9.94. The maximum atomic E-state index is 11.6. The molecule has 1 rings (SSSR count). The van der Waals surface area contributed by atoms with Gasteiger partial charge in [-0.05, 0) is 0 Å². The van der Waals surface area contributed by atoms with Crippen LogP contribution < -0.4 is 0 Å². The Morgan fingerprint density at radius 1 is 0.759 bits per heavy atom. The van der Waals surface area contributed by atoms with Crippen molar-refractivity contribution in [1.82, 2.24) is 0 Å².